The average Bonchev–Trinajstić information content (AvgIpc) is 3.54. The van der Waals surface area contributed by atoms with Gasteiger partial charge in [-0.1, -0.05) is 47.5 Å². The normalized spacial score (nSPS) is 14.4. The molecule has 42 heavy (non-hydrogen) atoms. The summed E-state index contributed by atoms with van der Waals surface area (Å²) in [6.07, 6.45) is 3.73. The summed E-state index contributed by atoms with van der Waals surface area (Å²) in [7, 11) is 4.81. The number of hydrogen-bond acceptors (Lipinski definition) is 8. The molecule has 10 nitrogen and oxygen atoms in total. The molecule has 1 N–H and O–H groups in total. The van der Waals surface area contributed by atoms with Gasteiger partial charge in [0.2, 0.25) is 11.7 Å². The van der Waals surface area contributed by atoms with Gasteiger partial charge < -0.3 is 19.5 Å². The van der Waals surface area contributed by atoms with Gasteiger partial charge in [0.15, 0.2) is 17.3 Å². The molecule has 0 saturated heterocycles. The van der Waals surface area contributed by atoms with Crippen LogP contribution in [-0.4, -0.2) is 53.5 Å². The monoisotopic (exact) mass is 574 g/mol. The lowest BCUT2D eigenvalue weighted by Gasteiger charge is -2.18. The van der Waals surface area contributed by atoms with Gasteiger partial charge in [0.05, 0.1) is 38.3 Å². The third-order valence-corrected chi connectivity index (χ3v) is 7.40. The molecular formula is C32H42N6O4. The predicted octanol–water partition coefficient (Wildman–Crippen LogP) is 6.82. The second-order valence-electron chi connectivity index (χ2n) is 11.5. The summed E-state index contributed by atoms with van der Waals surface area (Å²) >= 11 is 0. The van der Waals surface area contributed by atoms with Crippen molar-refractivity contribution in [3.05, 3.63) is 41.7 Å². The molecule has 2 aromatic carbocycles. The molecule has 1 amide bonds. The van der Waals surface area contributed by atoms with E-state index in [1.54, 1.807) is 26.0 Å². The molecule has 1 aliphatic rings. The van der Waals surface area contributed by atoms with Gasteiger partial charge in [-0.15, -0.1) is 10.2 Å². The molecule has 1 atom stereocenters. The second-order valence-corrected chi connectivity index (χ2v) is 11.5. The summed E-state index contributed by atoms with van der Waals surface area (Å²) in [6.45, 7) is 12.4. The van der Waals surface area contributed by atoms with Gasteiger partial charge in [-0.3, -0.25) is 4.79 Å². The van der Waals surface area contributed by atoms with Crippen LogP contribution in [0.2, 0.25) is 0 Å². The number of carbonyl (C=O) groups excluding carboxylic acids is 1. The largest absolute Gasteiger partial charge is 0.496 e. The highest BCUT2D eigenvalue weighted by atomic mass is 16.5. The van der Waals surface area contributed by atoms with E-state index < -0.39 is 0 Å². The predicted molar refractivity (Wildman–Crippen MR) is 167 cm³/mol. The van der Waals surface area contributed by atoms with E-state index in [9.17, 15) is 4.79 Å². The summed E-state index contributed by atoms with van der Waals surface area (Å²) in [6, 6.07) is 9.27. The third-order valence-electron chi connectivity index (χ3n) is 7.40. The Morgan fingerprint density at radius 2 is 1.64 bits per heavy atom. The number of anilines is 1. The van der Waals surface area contributed by atoms with Crippen LogP contribution in [0, 0.1) is 18.3 Å². The maximum atomic E-state index is 13.0. The maximum absolute atomic E-state index is 13.0. The Labute approximate surface area is 248 Å². The number of nitrogens with zero attached hydrogens (tertiary/aromatic N) is 5. The maximum Gasteiger partial charge on any atom is 0.227 e. The Kier molecular flexibility index (Phi) is 9.33. The number of amides is 1. The molecule has 2 heterocycles. The molecule has 224 valence electrons. The number of aryl methyl sites for hydroxylation is 1. The number of methoxy groups -OCH3 is 3. The van der Waals surface area contributed by atoms with E-state index in [2.05, 4.69) is 43.2 Å². The minimum Gasteiger partial charge on any atom is -0.496 e. The number of nitrogens with one attached hydrogen (secondary N) is 1. The Balaban J connectivity index is 1.79. The molecule has 10 heteroatoms. The molecule has 4 rings (SSSR count). The fourth-order valence-corrected chi connectivity index (χ4v) is 4.94. The Bertz CT molecular complexity index is 1520. The smallest absolute Gasteiger partial charge is 0.227 e. The average molecular weight is 575 g/mol. The van der Waals surface area contributed by atoms with Crippen molar-refractivity contribution in [3.63, 3.8) is 0 Å². The zero-order valence-corrected chi connectivity index (χ0v) is 26.2. The first-order chi connectivity index (χ1) is 20.1. The lowest BCUT2D eigenvalue weighted by Crippen LogP contribution is -2.27. The van der Waals surface area contributed by atoms with Gasteiger partial charge in [-0.25, -0.2) is 4.99 Å². The van der Waals surface area contributed by atoms with Crippen LogP contribution in [0.3, 0.4) is 0 Å². The number of carbonyl (C=O) groups is 1. The van der Waals surface area contributed by atoms with Gasteiger partial charge in [-0.2, -0.15) is 9.78 Å². The molecular weight excluding hydrogens is 532 g/mol. The number of fused-ring (bicyclic) bond motifs is 1. The number of hydrogen-bond donors (Lipinski definition) is 1. The van der Waals surface area contributed by atoms with Gasteiger partial charge >= 0.3 is 0 Å². The van der Waals surface area contributed by atoms with Crippen LogP contribution in [0.1, 0.15) is 71.7 Å². The van der Waals surface area contributed by atoms with Gasteiger partial charge in [0, 0.05) is 23.1 Å². The van der Waals surface area contributed by atoms with E-state index >= 15 is 0 Å². The topological polar surface area (TPSA) is 112 Å². The number of aromatic nitrogens is 3. The zero-order valence-electron chi connectivity index (χ0n) is 26.2. The SMILES string of the molecule is CCCCC(CC)C(=O)Nc1ccc(OC)c(-c2nnc3n2N=C(C(C)(C)C)C3=Nc2cc(OC)c(OC)cc2C)c1. The van der Waals surface area contributed by atoms with E-state index in [-0.39, 0.29) is 17.2 Å². The Morgan fingerprint density at radius 3 is 2.26 bits per heavy atom. The van der Waals surface area contributed by atoms with E-state index in [1.807, 2.05) is 44.2 Å². The molecule has 0 aliphatic carbocycles. The lowest BCUT2D eigenvalue weighted by atomic mass is 9.87. The van der Waals surface area contributed by atoms with Crippen LogP contribution >= 0.6 is 0 Å². The molecule has 0 saturated carbocycles. The second kappa shape index (κ2) is 12.8. The van der Waals surface area contributed by atoms with Crippen LogP contribution in [0.5, 0.6) is 17.2 Å². The van der Waals surface area contributed by atoms with Crippen molar-refractivity contribution in [1.82, 2.24) is 14.9 Å². The minimum absolute atomic E-state index is 0.0151. The minimum atomic E-state index is -0.338. The zero-order chi connectivity index (χ0) is 30.6. The van der Waals surface area contributed by atoms with Crippen molar-refractivity contribution in [1.29, 1.82) is 0 Å². The van der Waals surface area contributed by atoms with Crippen molar-refractivity contribution in [2.45, 2.75) is 67.2 Å². The standard InChI is InChI=1S/C32H42N6O4/c1-10-12-13-20(11-2)31(39)33-21-14-15-24(40-7)22(17-21)29-35-36-30-27(28(32(4,5)6)37-38(29)30)34-23-18-26(42-9)25(41-8)16-19(23)3/h14-18,20H,10-13H2,1-9H3,(H,33,39). The number of benzene rings is 2. The molecule has 0 radical (unpaired) electrons. The van der Waals surface area contributed by atoms with Gasteiger partial charge in [0.25, 0.3) is 0 Å². The summed E-state index contributed by atoms with van der Waals surface area (Å²) in [5, 5.41) is 17.1. The van der Waals surface area contributed by atoms with Crippen molar-refractivity contribution >= 4 is 28.7 Å². The molecule has 0 fully saturated rings. The molecule has 1 aliphatic heterocycles. The van der Waals surface area contributed by atoms with Crippen LogP contribution in [0.4, 0.5) is 11.4 Å². The van der Waals surface area contributed by atoms with E-state index in [0.29, 0.717) is 51.5 Å². The molecule has 0 bridgehead atoms. The van der Waals surface area contributed by atoms with Gasteiger partial charge in [-0.05, 0) is 49.6 Å². The van der Waals surface area contributed by atoms with E-state index in [4.69, 9.17) is 24.3 Å². The highest BCUT2D eigenvalue weighted by Gasteiger charge is 2.36. The Morgan fingerprint density at radius 1 is 0.976 bits per heavy atom. The van der Waals surface area contributed by atoms with Crippen LogP contribution < -0.4 is 19.5 Å². The summed E-state index contributed by atoms with van der Waals surface area (Å²) < 4.78 is 18.4. The first-order valence-electron chi connectivity index (χ1n) is 14.4. The van der Waals surface area contributed by atoms with Gasteiger partial charge in [0.1, 0.15) is 11.5 Å². The fourth-order valence-electron chi connectivity index (χ4n) is 4.94. The first-order valence-corrected chi connectivity index (χ1v) is 14.4. The van der Waals surface area contributed by atoms with Crippen molar-refractivity contribution < 1.29 is 19.0 Å². The van der Waals surface area contributed by atoms with E-state index in [0.717, 1.165) is 37.0 Å². The van der Waals surface area contributed by atoms with E-state index in [1.165, 1.54) is 0 Å². The van der Waals surface area contributed by atoms with Crippen molar-refractivity contribution in [3.8, 4) is 28.6 Å². The number of ether oxygens (including phenoxy) is 3. The molecule has 1 aromatic heterocycles. The van der Waals surface area contributed by atoms with Crippen LogP contribution in [0.25, 0.3) is 11.4 Å². The molecule has 1 unspecified atom stereocenters. The lowest BCUT2D eigenvalue weighted by molar-refractivity contribution is -0.120. The Hall–Kier alpha value is -4.21. The van der Waals surface area contributed by atoms with Crippen molar-refractivity contribution in [2.75, 3.05) is 26.6 Å². The first kappa shape index (κ1) is 30.7. The quantitative estimate of drug-likeness (QED) is 0.269. The van der Waals surface area contributed by atoms with Crippen LogP contribution in [0.15, 0.2) is 40.4 Å². The highest BCUT2D eigenvalue weighted by Crippen LogP contribution is 2.38. The third kappa shape index (κ3) is 6.17. The fraction of sp³-hybridized carbons (Fsp3) is 0.469. The molecule has 0 spiro atoms. The number of unbranched alkanes of at least 4 members (excludes halogenated alkanes) is 1. The number of aliphatic imine (C=N–C) groups is 1. The summed E-state index contributed by atoms with van der Waals surface area (Å²) in [5.41, 5.74) is 4.02. The highest BCUT2D eigenvalue weighted by molar-refractivity contribution is 6.50. The summed E-state index contributed by atoms with van der Waals surface area (Å²) in [4.78, 5) is 18.1. The summed E-state index contributed by atoms with van der Waals surface area (Å²) in [5.74, 6) is 2.80. The van der Waals surface area contributed by atoms with Crippen LogP contribution in [-0.2, 0) is 4.79 Å². The number of rotatable bonds is 11. The van der Waals surface area contributed by atoms with Crippen molar-refractivity contribution in [2.24, 2.45) is 21.4 Å². The molecule has 3 aromatic rings.